The Morgan fingerprint density at radius 1 is 0.929 bits per heavy atom. The van der Waals surface area contributed by atoms with Gasteiger partial charge >= 0.3 is 18.2 Å². The molecule has 0 radical (unpaired) electrons. The fourth-order valence-electron chi connectivity index (χ4n) is 13.2. The SMILES string of the molecule is C=C[C@@H](C)[C@@H](C(=O)NC1Cc2cc(O)cc(c2)-c2ccc3c(c2)c(c(-c2cc(N4CCN(C(=O)OC)CC4)cnc2[C@H](C)OC)n3CC)CC(C)(C)COC(=O)[C@H]2NN(CC3C[C@@H]32)C1=O)N(C)C(=O)[C@@H]1CN(C(=O)OC)C[C@@H]1c1ccccc1. The van der Waals surface area contributed by atoms with Gasteiger partial charge in [0, 0.05) is 107 Å². The molecular formula is C64H79N9O11. The highest BCUT2D eigenvalue weighted by molar-refractivity contribution is 5.97. The molecule has 5 aromatic rings. The molecule has 0 spiro atoms. The number of aromatic nitrogens is 2. The van der Waals surface area contributed by atoms with Gasteiger partial charge in [-0.25, -0.2) is 15.0 Å². The second-order valence-electron chi connectivity index (χ2n) is 24.1. The number of carbonyl (C=O) groups is 6. The number of anilines is 1. The quantitative estimate of drug-likeness (QED) is 0.0634. The third kappa shape index (κ3) is 11.8. The van der Waals surface area contributed by atoms with Crippen LogP contribution in [0.1, 0.15) is 75.4 Å². The molecule has 20 heteroatoms. The van der Waals surface area contributed by atoms with Crippen LogP contribution in [-0.2, 0) is 57.5 Å². The van der Waals surface area contributed by atoms with Crippen molar-refractivity contribution in [3.8, 4) is 28.1 Å². The van der Waals surface area contributed by atoms with Crippen molar-refractivity contribution in [1.82, 2.24) is 40.0 Å². The molecule has 9 atom stereocenters. The number of nitrogens with one attached hydrogen (secondary N) is 2. The second kappa shape index (κ2) is 24.3. The monoisotopic (exact) mass is 1150 g/mol. The normalized spacial score (nSPS) is 23.3. The average molecular weight is 1150 g/mol. The summed E-state index contributed by atoms with van der Waals surface area (Å²) in [7, 11) is 5.91. The van der Waals surface area contributed by atoms with Gasteiger partial charge in [0.1, 0.15) is 23.9 Å². The van der Waals surface area contributed by atoms with E-state index in [1.807, 2.05) is 55.6 Å². The van der Waals surface area contributed by atoms with Crippen molar-refractivity contribution in [1.29, 1.82) is 0 Å². The van der Waals surface area contributed by atoms with Crippen LogP contribution in [-0.4, -0.2) is 169 Å². The van der Waals surface area contributed by atoms with E-state index < -0.39 is 71.3 Å². The third-order valence-electron chi connectivity index (χ3n) is 17.9. The summed E-state index contributed by atoms with van der Waals surface area (Å²) in [5, 5.41) is 17.1. The number of likely N-dealkylation sites (tertiary alicyclic amines) is 1. The zero-order valence-corrected chi connectivity index (χ0v) is 49.6. The fraction of sp³-hybridized carbons (Fsp3) is 0.484. The van der Waals surface area contributed by atoms with E-state index in [1.165, 1.54) is 29.0 Å². The predicted octanol–water partition coefficient (Wildman–Crippen LogP) is 7.33. The van der Waals surface area contributed by atoms with Crippen LogP contribution in [0.2, 0.25) is 0 Å². The standard InChI is InChI=1S/C64H79N9O11/c1-11-37(3)56(68(7)59(76)51-35-71(63(80)83-10)34-50(51)40-16-14-13-15-17-40)58(75)66-52-26-39-24-42(27-45(74)25-39)41-18-19-53-47(28-41)49(31-64(5,6)36-84-61(78)55-46-29-43(46)33-73(67-55)60(52)77)57(72(53)12-2)48-30-44(32-65-54(48)38(4)81-8)69-20-22-70(23-21-69)62(79)82-9/h11,13-19,24-25,27-28,30,32,37-38,43,46,50-52,55-56,67,74H,1,12,20-23,26,29,31,33-36H2,2-10H3,(H,66,75)/t37-,38+,43?,46+,50-,51-,52?,55+,56+/m1/s1. The number of nitrogens with zero attached hydrogens (tertiary/aromatic N) is 7. The minimum absolute atomic E-state index is 0.000341. The summed E-state index contributed by atoms with van der Waals surface area (Å²) in [6.07, 6.45) is 3.23. The van der Waals surface area contributed by atoms with E-state index >= 15 is 9.59 Å². The van der Waals surface area contributed by atoms with Gasteiger partial charge in [0.15, 0.2) is 0 Å². The zero-order valence-electron chi connectivity index (χ0n) is 49.6. The summed E-state index contributed by atoms with van der Waals surface area (Å²) < 4.78 is 24.7. The molecule has 6 heterocycles. The molecule has 20 nitrogen and oxygen atoms in total. The van der Waals surface area contributed by atoms with Crippen molar-refractivity contribution < 1.29 is 52.8 Å². The van der Waals surface area contributed by atoms with Crippen LogP contribution in [0.5, 0.6) is 5.75 Å². The number of phenols is 1. The first-order valence-electron chi connectivity index (χ1n) is 29.2. The Morgan fingerprint density at radius 2 is 1.65 bits per heavy atom. The molecule has 84 heavy (non-hydrogen) atoms. The molecule has 6 bridgehead atoms. The molecule has 3 saturated heterocycles. The highest BCUT2D eigenvalue weighted by atomic mass is 16.5. The number of phenolic OH excluding ortho intramolecular Hbond substituents is 1. The number of aromatic hydroxyl groups is 1. The van der Waals surface area contributed by atoms with Crippen molar-refractivity contribution in [3.63, 3.8) is 0 Å². The fourth-order valence-corrected chi connectivity index (χ4v) is 13.2. The molecule has 5 amide bonds. The van der Waals surface area contributed by atoms with Crippen molar-refractivity contribution in [2.75, 3.05) is 85.7 Å². The Hall–Kier alpha value is -7.97. The van der Waals surface area contributed by atoms with E-state index in [-0.39, 0.29) is 62.2 Å². The molecule has 2 unspecified atom stereocenters. The largest absolute Gasteiger partial charge is 0.508 e. The number of aryl methyl sites for hydroxylation is 1. The summed E-state index contributed by atoms with van der Waals surface area (Å²) in [6.45, 7) is 17.4. The van der Waals surface area contributed by atoms with Crippen LogP contribution in [0.15, 0.2) is 91.6 Å². The molecule has 2 aromatic heterocycles. The van der Waals surface area contributed by atoms with Gasteiger partial charge in [0.25, 0.3) is 5.91 Å². The molecule has 4 aliphatic heterocycles. The number of piperazine rings is 1. The molecule has 1 saturated carbocycles. The topological polar surface area (TPSA) is 218 Å². The highest BCUT2D eigenvalue weighted by Crippen LogP contribution is 2.47. The van der Waals surface area contributed by atoms with Crippen LogP contribution in [0.3, 0.4) is 0 Å². The summed E-state index contributed by atoms with van der Waals surface area (Å²) >= 11 is 0. The molecule has 3 aromatic carbocycles. The van der Waals surface area contributed by atoms with Crippen molar-refractivity contribution in [2.45, 2.75) is 90.6 Å². The molecule has 10 rings (SSSR count). The number of rotatable bonds is 12. The number of likely N-dealkylation sites (N-methyl/N-ethyl adjacent to an activating group) is 1. The minimum Gasteiger partial charge on any atom is -0.508 e. The Balaban J connectivity index is 1.05. The number of carbonyl (C=O) groups excluding carboxylic acids is 6. The number of pyridine rings is 1. The smallest absolute Gasteiger partial charge is 0.409 e. The van der Waals surface area contributed by atoms with Gasteiger partial charge in [0.05, 0.1) is 56.1 Å². The number of cyclic esters (lactones) is 1. The maximum absolute atomic E-state index is 15.3. The van der Waals surface area contributed by atoms with E-state index in [4.69, 9.17) is 23.9 Å². The number of hydrazine groups is 1. The zero-order chi connectivity index (χ0) is 59.9. The molecule has 5 aliphatic rings. The summed E-state index contributed by atoms with van der Waals surface area (Å²) in [4.78, 5) is 97.1. The highest BCUT2D eigenvalue weighted by Gasteiger charge is 2.54. The lowest BCUT2D eigenvalue weighted by Gasteiger charge is -2.37. The Morgan fingerprint density at radius 3 is 2.35 bits per heavy atom. The lowest BCUT2D eigenvalue weighted by molar-refractivity contribution is -0.156. The van der Waals surface area contributed by atoms with Gasteiger partial charge in [-0.2, -0.15) is 0 Å². The van der Waals surface area contributed by atoms with Gasteiger partial charge in [-0.3, -0.25) is 29.2 Å². The van der Waals surface area contributed by atoms with Gasteiger partial charge < -0.3 is 53.5 Å². The van der Waals surface area contributed by atoms with E-state index in [0.717, 1.165) is 50.2 Å². The van der Waals surface area contributed by atoms with E-state index in [1.54, 1.807) is 44.2 Å². The lowest BCUT2D eigenvalue weighted by atomic mass is 9.84. The first-order valence-corrected chi connectivity index (χ1v) is 29.2. The van der Waals surface area contributed by atoms with Crippen LogP contribution >= 0.6 is 0 Å². The van der Waals surface area contributed by atoms with Gasteiger partial charge in [-0.15, -0.1) is 6.58 Å². The first kappa shape index (κ1) is 59.2. The van der Waals surface area contributed by atoms with Gasteiger partial charge in [-0.05, 0) is 96.7 Å². The van der Waals surface area contributed by atoms with E-state index in [2.05, 4.69) is 65.8 Å². The summed E-state index contributed by atoms with van der Waals surface area (Å²) in [6, 6.07) is 19.8. The Bertz CT molecular complexity index is 3340. The van der Waals surface area contributed by atoms with Crippen molar-refractivity contribution in [3.05, 3.63) is 114 Å². The maximum atomic E-state index is 15.3. The molecule has 1 aliphatic carbocycles. The number of hydrogen-bond acceptors (Lipinski definition) is 14. The van der Waals surface area contributed by atoms with E-state index in [0.29, 0.717) is 56.7 Å². The lowest BCUT2D eigenvalue weighted by Crippen LogP contribution is -2.63. The average Bonchev–Trinajstić information content (AvgIpc) is 1.86. The van der Waals surface area contributed by atoms with Crippen LogP contribution in [0, 0.1) is 29.1 Å². The first-order chi connectivity index (χ1) is 40.3. The minimum atomic E-state index is -1.26. The van der Waals surface area contributed by atoms with Crippen LogP contribution < -0.4 is 15.6 Å². The number of benzene rings is 3. The summed E-state index contributed by atoms with van der Waals surface area (Å²) in [5.41, 5.74) is 10.9. The summed E-state index contributed by atoms with van der Waals surface area (Å²) in [5.74, 6) is -3.83. The Kier molecular flexibility index (Phi) is 17.1. The molecule has 4 fully saturated rings. The number of methoxy groups -OCH3 is 3. The van der Waals surface area contributed by atoms with Gasteiger partial charge in [0.2, 0.25) is 11.8 Å². The Labute approximate surface area is 491 Å². The van der Waals surface area contributed by atoms with Crippen molar-refractivity contribution >= 4 is 52.5 Å². The predicted molar refractivity (Wildman–Crippen MR) is 316 cm³/mol. The maximum Gasteiger partial charge on any atom is 0.409 e. The second-order valence-corrected chi connectivity index (χ2v) is 24.1. The van der Waals surface area contributed by atoms with Crippen molar-refractivity contribution in [2.24, 2.45) is 29.1 Å². The number of esters is 1. The molecular weight excluding hydrogens is 1070 g/mol. The number of ether oxygens (including phenoxy) is 4. The number of amides is 5. The van der Waals surface area contributed by atoms with Crippen LogP contribution in [0.25, 0.3) is 33.3 Å². The number of hydrogen-bond donors (Lipinski definition) is 3. The van der Waals surface area contributed by atoms with Crippen LogP contribution in [0.4, 0.5) is 15.3 Å². The van der Waals surface area contributed by atoms with Gasteiger partial charge in [-0.1, -0.05) is 69.3 Å². The third-order valence-corrected chi connectivity index (χ3v) is 17.9. The van der Waals surface area contributed by atoms with E-state index in [9.17, 15) is 24.3 Å². The number of fused-ring (bicyclic) bond motifs is 8. The molecule has 446 valence electrons. The molecule has 3 N–H and O–H groups in total.